The molecule has 4 heterocycles. The molecule has 2 aliphatic rings. The van der Waals surface area contributed by atoms with Crippen molar-refractivity contribution in [3.05, 3.63) is 58.3 Å². The first-order chi connectivity index (χ1) is 12.2. The molecule has 2 bridgehead atoms. The average Bonchev–Trinajstić information content (AvgIpc) is 2.62. The van der Waals surface area contributed by atoms with Gasteiger partial charge in [-0.3, -0.25) is 4.79 Å². The van der Waals surface area contributed by atoms with E-state index in [1.54, 1.807) is 6.07 Å². The predicted molar refractivity (Wildman–Crippen MR) is 97.7 cm³/mol. The first-order valence-corrected chi connectivity index (χ1v) is 8.88. The van der Waals surface area contributed by atoms with Crippen LogP contribution in [0.25, 0.3) is 22.2 Å². The SMILES string of the molecule is Cc1nc(-c2cc3n(c(=O)c2)C[C@@H]2CNC[C@H]3C2)c2ccccc2n1. The third-order valence-corrected chi connectivity index (χ3v) is 5.45. The Labute approximate surface area is 145 Å². The van der Waals surface area contributed by atoms with Gasteiger partial charge in [0, 0.05) is 41.7 Å². The average molecular weight is 332 g/mol. The third kappa shape index (κ3) is 2.38. The molecule has 5 rings (SSSR count). The summed E-state index contributed by atoms with van der Waals surface area (Å²) in [5, 5.41) is 4.50. The second-order valence-electron chi connectivity index (χ2n) is 7.21. The fourth-order valence-electron chi connectivity index (χ4n) is 4.35. The number of nitrogens with one attached hydrogen (secondary N) is 1. The molecule has 0 spiro atoms. The molecule has 1 saturated heterocycles. The molecular weight excluding hydrogens is 312 g/mol. The molecule has 25 heavy (non-hydrogen) atoms. The van der Waals surface area contributed by atoms with E-state index in [-0.39, 0.29) is 5.56 Å². The molecule has 0 aliphatic carbocycles. The Morgan fingerprint density at radius 1 is 1.16 bits per heavy atom. The summed E-state index contributed by atoms with van der Waals surface area (Å²) in [6.45, 7) is 4.68. The van der Waals surface area contributed by atoms with Crippen LogP contribution in [0.5, 0.6) is 0 Å². The minimum absolute atomic E-state index is 0.0875. The van der Waals surface area contributed by atoms with Gasteiger partial charge in [-0.1, -0.05) is 18.2 Å². The summed E-state index contributed by atoms with van der Waals surface area (Å²) < 4.78 is 1.97. The van der Waals surface area contributed by atoms with Gasteiger partial charge >= 0.3 is 0 Å². The molecule has 5 heteroatoms. The Balaban J connectivity index is 1.74. The Morgan fingerprint density at radius 2 is 2.04 bits per heavy atom. The molecule has 2 aromatic heterocycles. The molecule has 0 radical (unpaired) electrons. The van der Waals surface area contributed by atoms with Crippen LogP contribution in [0.3, 0.4) is 0 Å². The molecule has 0 unspecified atom stereocenters. The van der Waals surface area contributed by atoms with Crippen LogP contribution in [-0.4, -0.2) is 27.6 Å². The number of pyridine rings is 1. The first kappa shape index (κ1) is 14.8. The Hall–Kier alpha value is -2.53. The molecule has 0 saturated carbocycles. The molecule has 1 fully saturated rings. The summed E-state index contributed by atoms with van der Waals surface area (Å²) >= 11 is 0. The molecule has 1 aromatic carbocycles. The Bertz CT molecular complexity index is 1040. The number of rotatable bonds is 1. The van der Waals surface area contributed by atoms with Gasteiger partial charge in [0.2, 0.25) is 0 Å². The smallest absolute Gasteiger partial charge is 0.251 e. The van der Waals surface area contributed by atoms with E-state index < -0.39 is 0 Å². The van der Waals surface area contributed by atoms with E-state index in [4.69, 9.17) is 0 Å². The van der Waals surface area contributed by atoms with E-state index in [2.05, 4.69) is 21.4 Å². The van der Waals surface area contributed by atoms with E-state index >= 15 is 0 Å². The second kappa shape index (κ2) is 5.49. The molecule has 1 N–H and O–H groups in total. The highest BCUT2D eigenvalue weighted by atomic mass is 16.1. The maximum absolute atomic E-state index is 12.8. The highest BCUT2D eigenvalue weighted by Gasteiger charge is 2.31. The van der Waals surface area contributed by atoms with Crippen LogP contribution in [0.1, 0.15) is 23.9 Å². The topological polar surface area (TPSA) is 59.8 Å². The number of fused-ring (bicyclic) bond motifs is 5. The van der Waals surface area contributed by atoms with Gasteiger partial charge in [-0.2, -0.15) is 0 Å². The van der Waals surface area contributed by atoms with E-state index in [0.717, 1.165) is 53.3 Å². The lowest BCUT2D eigenvalue weighted by atomic mass is 9.83. The van der Waals surface area contributed by atoms with Crippen LogP contribution in [0, 0.1) is 12.8 Å². The summed E-state index contributed by atoms with van der Waals surface area (Å²) in [6, 6.07) is 11.9. The largest absolute Gasteiger partial charge is 0.316 e. The van der Waals surface area contributed by atoms with Crippen LogP contribution in [-0.2, 0) is 6.54 Å². The van der Waals surface area contributed by atoms with Crippen molar-refractivity contribution in [2.24, 2.45) is 5.92 Å². The first-order valence-electron chi connectivity index (χ1n) is 8.88. The zero-order valence-electron chi connectivity index (χ0n) is 14.2. The van der Waals surface area contributed by atoms with Crippen molar-refractivity contribution in [2.75, 3.05) is 13.1 Å². The lowest BCUT2D eigenvalue weighted by Crippen LogP contribution is -2.44. The lowest BCUT2D eigenvalue weighted by Gasteiger charge is -2.37. The third-order valence-electron chi connectivity index (χ3n) is 5.45. The standard InChI is InChI=1S/C20H20N4O/c1-12-22-17-5-3-2-4-16(17)20(23-12)14-7-18-15-6-13(9-21-10-15)11-24(18)19(25)8-14/h2-5,7-8,13,15,21H,6,9-11H2,1H3/t13-,15+/m0/s1. The van der Waals surface area contributed by atoms with Crippen LogP contribution < -0.4 is 10.9 Å². The molecule has 3 aromatic rings. The monoisotopic (exact) mass is 332 g/mol. The minimum atomic E-state index is 0.0875. The van der Waals surface area contributed by atoms with Crippen molar-refractivity contribution in [3.63, 3.8) is 0 Å². The molecular formula is C20H20N4O. The van der Waals surface area contributed by atoms with Crippen molar-refractivity contribution < 1.29 is 0 Å². The maximum Gasteiger partial charge on any atom is 0.251 e. The Kier molecular flexibility index (Phi) is 3.25. The quantitative estimate of drug-likeness (QED) is 0.744. The molecule has 126 valence electrons. The highest BCUT2D eigenvalue weighted by molar-refractivity contribution is 5.92. The van der Waals surface area contributed by atoms with Gasteiger partial charge in [-0.25, -0.2) is 9.97 Å². The zero-order valence-corrected chi connectivity index (χ0v) is 14.2. The van der Waals surface area contributed by atoms with Gasteiger partial charge in [0.15, 0.2) is 0 Å². The number of hydrogen-bond donors (Lipinski definition) is 1. The fourth-order valence-corrected chi connectivity index (χ4v) is 4.35. The van der Waals surface area contributed by atoms with Crippen molar-refractivity contribution in [1.82, 2.24) is 19.9 Å². The summed E-state index contributed by atoms with van der Waals surface area (Å²) in [5.74, 6) is 1.71. The van der Waals surface area contributed by atoms with Gasteiger partial charge < -0.3 is 9.88 Å². The number of aryl methyl sites for hydroxylation is 1. The maximum atomic E-state index is 12.8. The summed E-state index contributed by atoms with van der Waals surface area (Å²) in [4.78, 5) is 22.0. The fraction of sp³-hybridized carbons (Fsp3) is 0.350. The van der Waals surface area contributed by atoms with Crippen LogP contribution in [0.2, 0.25) is 0 Å². The number of benzene rings is 1. The summed E-state index contributed by atoms with van der Waals surface area (Å²) in [5.41, 5.74) is 3.91. The van der Waals surface area contributed by atoms with Crippen LogP contribution in [0.4, 0.5) is 0 Å². The normalized spacial score (nSPS) is 22.0. The van der Waals surface area contributed by atoms with Gasteiger partial charge in [-0.05, 0) is 37.9 Å². The molecule has 5 nitrogen and oxygen atoms in total. The predicted octanol–water partition coefficient (Wildman–Crippen LogP) is 2.47. The number of nitrogens with zero attached hydrogens (tertiary/aromatic N) is 3. The molecule has 0 amide bonds. The van der Waals surface area contributed by atoms with Gasteiger partial charge in [0.05, 0.1) is 11.2 Å². The molecule has 2 atom stereocenters. The van der Waals surface area contributed by atoms with Crippen LogP contribution >= 0.6 is 0 Å². The minimum Gasteiger partial charge on any atom is -0.316 e. The van der Waals surface area contributed by atoms with Gasteiger partial charge in [-0.15, -0.1) is 0 Å². The highest BCUT2D eigenvalue weighted by Crippen LogP contribution is 2.34. The number of aromatic nitrogens is 3. The van der Waals surface area contributed by atoms with E-state index in [1.807, 2.05) is 35.8 Å². The van der Waals surface area contributed by atoms with Gasteiger partial charge in [0.25, 0.3) is 5.56 Å². The lowest BCUT2D eigenvalue weighted by molar-refractivity contribution is 0.257. The van der Waals surface area contributed by atoms with E-state index in [0.29, 0.717) is 11.8 Å². The van der Waals surface area contributed by atoms with Crippen molar-refractivity contribution in [2.45, 2.75) is 25.8 Å². The van der Waals surface area contributed by atoms with Crippen molar-refractivity contribution >= 4 is 10.9 Å². The molecule has 2 aliphatic heterocycles. The summed E-state index contributed by atoms with van der Waals surface area (Å²) in [7, 11) is 0. The van der Waals surface area contributed by atoms with Crippen LogP contribution in [0.15, 0.2) is 41.2 Å². The summed E-state index contributed by atoms with van der Waals surface area (Å²) in [6.07, 6.45) is 1.17. The van der Waals surface area contributed by atoms with E-state index in [1.165, 1.54) is 6.42 Å². The van der Waals surface area contributed by atoms with Crippen molar-refractivity contribution in [3.8, 4) is 11.3 Å². The second-order valence-corrected chi connectivity index (χ2v) is 7.21. The van der Waals surface area contributed by atoms with E-state index in [9.17, 15) is 4.79 Å². The van der Waals surface area contributed by atoms with Crippen molar-refractivity contribution in [1.29, 1.82) is 0 Å². The number of piperidine rings is 1. The van der Waals surface area contributed by atoms with Gasteiger partial charge in [0.1, 0.15) is 5.82 Å². The number of hydrogen-bond acceptors (Lipinski definition) is 4. The zero-order chi connectivity index (χ0) is 17.0. The number of para-hydroxylation sites is 1. The Morgan fingerprint density at radius 3 is 2.96 bits per heavy atom.